The number of anilines is 1. The van der Waals surface area contributed by atoms with E-state index in [1.54, 1.807) is 45.1 Å². The molecule has 0 unspecified atom stereocenters. The van der Waals surface area contributed by atoms with Gasteiger partial charge in [-0.1, -0.05) is 11.6 Å². The monoisotopic (exact) mass is 402 g/mol. The number of likely N-dealkylation sites (N-methyl/N-ethyl adjacent to an activating group) is 2. The van der Waals surface area contributed by atoms with Crippen molar-refractivity contribution in [2.24, 2.45) is 0 Å². The van der Waals surface area contributed by atoms with Gasteiger partial charge in [-0.15, -0.1) is 0 Å². The molecule has 5 nitrogen and oxygen atoms in total. The smallest absolute Gasteiger partial charge is 0.336 e. The van der Waals surface area contributed by atoms with Gasteiger partial charge in [0.2, 0.25) is 5.91 Å². The second-order valence-corrected chi connectivity index (χ2v) is 7.21. The van der Waals surface area contributed by atoms with E-state index >= 15 is 0 Å². The van der Waals surface area contributed by atoms with E-state index < -0.39 is 17.5 Å². The van der Waals surface area contributed by atoms with Crippen molar-refractivity contribution in [3.63, 3.8) is 0 Å². The number of fused-ring (bicyclic) bond motifs is 1. The Kier molecular flexibility index (Phi) is 5.42. The largest absolute Gasteiger partial charge is 0.423 e. The predicted octanol–water partition coefficient (Wildman–Crippen LogP) is 4.17. The van der Waals surface area contributed by atoms with Crippen molar-refractivity contribution in [1.82, 2.24) is 4.90 Å². The van der Waals surface area contributed by atoms with E-state index in [1.165, 1.54) is 29.2 Å². The molecule has 1 atom stereocenters. The molecular formula is C21H20ClFN2O3. The number of rotatable bonds is 4. The first-order chi connectivity index (χ1) is 13.2. The second-order valence-electron chi connectivity index (χ2n) is 6.80. The number of amides is 1. The minimum absolute atomic E-state index is 0.0455. The van der Waals surface area contributed by atoms with Gasteiger partial charge in [-0.05, 0) is 37.3 Å². The summed E-state index contributed by atoms with van der Waals surface area (Å²) < 4.78 is 18.8. The van der Waals surface area contributed by atoms with Crippen molar-refractivity contribution in [3.8, 4) is 11.1 Å². The summed E-state index contributed by atoms with van der Waals surface area (Å²) in [5, 5.41) is 0.871. The maximum absolute atomic E-state index is 13.4. The third-order valence-corrected chi connectivity index (χ3v) is 5.05. The van der Waals surface area contributed by atoms with Crippen LogP contribution in [0.5, 0.6) is 0 Å². The van der Waals surface area contributed by atoms with Crippen LogP contribution in [0, 0.1) is 5.82 Å². The highest BCUT2D eigenvalue weighted by Gasteiger charge is 2.21. The average Bonchev–Trinajstić information content (AvgIpc) is 2.65. The number of carbonyl (C=O) groups is 1. The Bertz CT molecular complexity index is 1110. The van der Waals surface area contributed by atoms with Crippen LogP contribution < -0.4 is 10.5 Å². The second kappa shape index (κ2) is 7.64. The van der Waals surface area contributed by atoms with E-state index in [4.69, 9.17) is 16.0 Å². The van der Waals surface area contributed by atoms with Gasteiger partial charge in [-0.25, -0.2) is 9.18 Å². The molecule has 3 aromatic rings. The quantitative estimate of drug-likeness (QED) is 0.615. The zero-order valence-corrected chi connectivity index (χ0v) is 16.7. The lowest BCUT2D eigenvalue weighted by Crippen LogP contribution is -2.42. The molecule has 0 saturated carbocycles. The average molecular weight is 403 g/mol. The van der Waals surface area contributed by atoms with Gasteiger partial charge in [0.05, 0.1) is 5.02 Å². The van der Waals surface area contributed by atoms with Gasteiger partial charge < -0.3 is 14.2 Å². The fourth-order valence-corrected chi connectivity index (χ4v) is 3.33. The van der Waals surface area contributed by atoms with E-state index in [9.17, 15) is 14.0 Å². The van der Waals surface area contributed by atoms with Crippen molar-refractivity contribution >= 4 is 34.2 Å². The molecular weight excluding hydrogens is 383 g/mol. The molecule has 1 heterocycles. The summed E-state index contributed by atoms with van der Waals surface area (Å²) in [6.07, 6.45) is 0. The summed E-state index contributed by atoms with van der Waals surface area (Å²) in [6, 6.07) is 10.3. The van der Waals surface area contributed by atoms with Gasteiger partial charge in [0.15, 0.2) is 0 Å². The van der Waals surface area contributed by atoms with Gasteiger partial charge >= 0.3 is 5.63 Å². The maximum Gasteiger partial charge on any atom is 0.336 e. The standard InChI is InChI=1S/C21H20ClFN2O3/c1-12(21(27)24(2)3)25(4)14-6-8-16-17(11-20(26)28-19(16)10-14)15-7-5-13(23)9-18(15)22/h5-12H,1-4H3/t12-/m1/s1. The third kappa shape index (κ3) is 3.73. The van der Waals surface area contributed by atoms with Crippen LogP contribution in [0.25, 0.3) is 22.1 Å². The molecule has 3 rings (SSSR count). The van der Waals surface area contributed by atoms with Crippen LogP contribution in [0.1, 0.15) is 6.92 Å². The van der Waals surface area contributed by atoms with Crippen LogP contribution in [-0.4, -0.2) is 38.0 Å². The van der Waals surface area contributed by atoms with Crippen LogP contribution in [0.2, 0.25) is 5.02 Å². The molecule has 0 aliphatic carbocycles. The van der Waals surface area contributed by atoms with E-state index in [2.05, 4.69) is 0 Å². The molecule has 0 aliphatic heterocycles. The summed E-state index contributed by atoms with van der Waals surface area (Å²) in [6.45, 7) is 1.80. The Balaban J connectivity index is 2.11. The molecule has 0 fully saturated rings. The first-order valence-electron chi connectivity index (χ1n) is 8.66. The lowest BCUT2D eigenvalue weighted by molar-refractivity contribution is -0.129. The number of hydrogen-bond acceptors (Lipinski definition) is 4. The van der Waals surface area contributed by atoms with Crippen molar-refractivity contribution in [2.75, 3.05) is 26.0 Å². The van der Waals surface area contributed by atoms with Crippen LogP contribution in [0.15, 0.2) is 51.7 Å². The molecule has 2 aromatic carbocycles. The number of halogens is 2. The van der Waals surface area contributed by atoms with Crippen LogP contribution >= 0.6 is 11.6 Å². The minimum atomic E-state index is -0.542. The number of nitrogens with zero attached hydrogens (tertiary/aromatic N) is 2. The molecule has 28 heavy (non-hydrogen) atoms. The van der Waals surface area contributed by atoms with Gasteiger partial charge in [0.1, 0.15) is 17.4 Å². The molecule has 1 amide bonds. The lowest BCUT2D eigenvalue weighted by atomic mass is 10.0. The van der Waals surface area contributed by atoms with E-state index in [0.29, 0.717) is 22.1 Å². The van der Waals surface area contributed by atoms with E-state index in [0.717, 1.165) is 5.69 Å². The summed E-state index contributed by atoms with van der Waals surface area (Å²) >= 11 is 6.18. The Hall–Kier alpha value is -2.86. The highest BCUT2D eigenvalue weighted by molar-refractivity contribution is 6.33. The highest BCUT2D eigenvalue weighted by atomic mass is 35.5. The van der Waals surface area contributed by atoms with Crippen molar-refractivity contribution in [3.05, 3.63) is 63.7 Å². The molecule has 146 valence electrons. The van der Waals surface area contributed by atoms with Gasteiger partial charge in [-0.2, -0.15) is 0 Å². The molecule has 0 N–H and O–H groups in total. The predicted molar refractivity (Wildman–Crippen MR) is 109 cm³/mol. The Morgan fingerprint density at radius 1 is 1.07 bits per heavy atom. The number of benzene rings is 2. The summed E-state index contributed by atoms with van der Waals surface area (Å²) in [7, 11) is 5.20. The first kappa shape index (κ1) is 19.9. The van der Waals surface area contributed by atoms with Crippen LogP contribution in [-0.2, 0) is 4.79 Å². The lowest BCUT2D eigenvalue weighted by Gasteiger charge is -2.28. The molecule has 1 aromatic heterocycles. The SMILES string of the molecule is C[C@H](C(=O)N(C)C)N(C)c1ccc2c(-c3ccc(F)cc3Cl)cc(=O)oc2c1. The van der Waals surface area contributed by atoms with Gasteiger partial charge in [-0.3, -0.25) is 4.79 Å². The zero-order valence-electron chi connectivity index (χ0n) is 16.0. The van der Waals surface area contributed by atoms with Crippen LogP contribution in [0.3, 0.4) is 0 Å². The molecule has 0 aliphatic rings. The van der Waals surface area contributed by atoms with Gasteiger partial charge in [0.25, 0.3) is 0 Å². The molecule has 0 radical (unpaired) electrons. The fourth-order valence-electron chi connectivity index (χ4n) is 3.06. The molecule has 0 saturated heterocycles. The summed E-state index contributed by atoms with van der Waals surface area (Å²) in [5.74, 6) is -0.500. The zero-order chi connectivity index (χ0) is 20.6. The van der Waals surface area contributed by atoms with Crippen molar-refractivity contribution in [1.29, 1.82) is 0 Å². The highest BCUT2D eigenvalue weighted by Crippen LogP contribution is 2.34. The molecule has 0 spiro atoms. The summed E-state index contributed by atoms with van der Waals surface area (Å²) in [4.78, 5) is 27.7. The number of hydrogen-bond donors (Lipinski definition) is 0. The maximum atomic E-state index is 13.4. The minimum Gasteiger partial charge on any atom is -0.423 e. The van der Waals surface area contributed by atoms with Crippen LogP contribution in [0.4, 0.5) is 10.1 Å². The normalized spacial score (nSPS) is 12.1. The fraction of sp³-hybridized carbons (Fsp3) is 0.238. The Labute approximate surface area is 166 Å². The topological polar surface area (TPSA) is 53.8 Å². The van der Waals surface area contributed by atoms with E-state index in [1.807, 2.05) is 6.07 Å². The first-order valence-corrected chi connectivity index (χ1v) is 9.04. The Morgan fingerprint density at radius 2 is 1.79 bits per heavy atom. The number of carbonyl (C=O) groups excluding carboxylic acids is 1. The molecule has 7 heteroatoms. The van der Waals surface area contributed by atoms with Gasteiger partial charge in [0, 0.05) is 55.5 Å². The Morgan fingerprint density at radius 3 is 2.43 bits per heavy atom. The van der Waals surface area contributed by atoms with Crippen molar-refractivity contribution in [2.45, 2.75) is 13.0 Å². The molecule has 0 bridgehead atoms. The van der Waals surface area contributed by atoms with Crippen molar-refractivity contribution < 1.29 is 13.6 Å². The third-order valence-electron chi connectivity index (χ3n) is 4.74. The van der Waals surface area contributed by atoms with E-state index in [-0.39, 0.29) is 10.9 Å². The summed E-state index contributed by atoms with van der Waals surface area (Å²) in [5.41, 5.74) is 1.64.